The van der Waals surface area contributed by atoms with Gasteiger partial charge >= 0.3 is 0 Å². The molecule has 0 N–H and O–H groups in total. The van der Waals surface area contributed by atoms with Crippen LogP contribution in [0.2, 0.25) is 5.15 Å². The van der Waals surface area contributed by atoms with Crippen LogP contribution in [0.1, 0.15) is 38.2 Å². The molecule has 2 heterocycles. The van der Waals surface area contributed by atoms with E-state index in [1.54, 1.807) is 17.0 Å². The highest BCUT2D eigenvalue weighted by Crippen LogP contribution is 2.32. The molecule has 0 aliphatic carbocycles. The Bertz CT molecular complexity index is 1050. The van der Waals surface area contributed by atoms with E-state index in [0.717, 1.165) is 27.8 Å². The molecule has 6 nitrogen and oxygen atoms in total. The van der Waals surface area contributed by atoms with Gasteiger partial charge in [0.05, 0.1) is 10.5 Å². The van der Waals surface area contributed by atoms with Gasteiger partial charge in [-0.25, -0.2) is 13.4 Å². The lowest BCUT2D eigenvalue weighted by molar-refractivity contribution is 0.0697. The Morgan fingerprint density at radius 1 is 0.931 bits per heavy atom. The summed E-state index contributed by atoms with van der Waals surface area (Å²) < 4.78 is 28.4. The Labute approximate surface area is 177 Å². The quantitative estimate of drug-likeness (QED) is 0.692. The van der Waals surface area contributed by atoms with Gasteiger partial charge in [0.25, 0.3) is 5.91 Å². The summed E-state index contributed by atoms with van der Waals surface area (Å²) in [7, 11) is -3.65. The summed E-state index contributed by atoms with van der Waals surface area (Å²) in [5, 5.41) is 0.157. The van der Waals surface area contributed by atoms with Crippen molar-refractivity contribution in [2.75, 3.05) is 26.2 Å². The molecule has 29 heavy (non-hydrogen) atoms. The van der Waals surface area contributed by atoms with E-state index in [9.17, 15) is 13.2 Å². The molecule has 0 unspecified atom stereocenters. The third kappa shape index (κ3) is 3.79. The molecule has 1 saturated heterocycles. The number of amides is 1. The Hall–Kier alpha value is -1.96. The zero-order valence-corrected chi connectivity index (χ0v) is 19.0. The monoisotopic (exact) mass is 435 g/mol. The predicted octanol–water partition coefficient (Wildman–Crippen LogP) is 3.42. The number of halogens is 1. The van der Waals surface area contributed by atoms with E-state index in [1.807, 2.05) is 34.6 Å². The van der Waals surface area contributed by atoms with Crippen LogP contribution in [-0.2, 0) is 10.0 Å². The van der Waals surface area contributed by atoms with Gasteiger partial charge in [-0.1, -0.05) is 11.6 Å². The van der Waals surface area contributed by atoms with Crippen LogP contribution in [0.5, 0.6) is 0 Å². The summed E-state index contributed by atoms with van der Waals surface area (Å²) >= 11 is 6.03. The first-order valence-corrected chi connectivity index (χ1v) is 11.4. The van der Waals surface area contributed by atoms with Crippen molar-refractivity contribution < 1.29 is 13.2 Å². The molecular formula is C21H26ClN3O3S. The van der Waals surface area contributed by atoms with E-state index in [0.29, 0.717) is 23.5 Å². The molecule has 0 spiro atoms. The molecule has 1 amide bonds. The van der Waals surface area contributed by atoms with Gasteiger partial charge in [0, 0.05) is 32.4 Å². The second-order valence-electron chi connectivity index (χ2n) is 7.49. The highest BCUT2D eigenvalue weighted by Gasteiger charge is 2.33. The van der Waals surface area contributed by atoms with Crippen molar-refractivity contribution in [3.05, 3.63) is 56.9 Å². The lowest BCUT2D eigenvalue weighted by Gasteiger charge is -2.35. The topological polar surface area (TPSA) is 70.6 Å². The number of aromatic nitrogens is 1. The van der Waals surface area contributed by atoms with Gasteiger partial charge in [0.15, 0.2) is 0 Å². The molecule has 1 aromatic heterocycles. The maximum atomic E-state index is 13.4. The van der Waals surface area contributed by atoms with Crippen molar-refractivity contribution >= 4 is 27.5 Å². The minimum absolute atomic E-state index is 0.157. The van der Waals surface area contributed by atoms with Crippen LogP contribution in [0.4, 0.5) is 0 Å². The van der Waals surface area contributed by atoms with Gasteiger partial charge < -0.3 is 4.90 Å². The second-order valence-corrected chi connectivity index (χ2v) is 9.72. The average molecular weight is 436 g/mol. The maximum Gasteiger partial charge on any atom is 0.257 e. The molecular weight excluding hydrogens is 410 g/mol. The number of benzene rings is 1. The zero-order valence-electron chi connectivity index (χ0n) is 17.4. The van der Waals surface area contributed by atoms with E-state index in [1.165, 1.54) is 10.5 Å². The molecule has 1 aliphatic rings. The average Bonchev–Trinajstić information content (AvgIpc) is 2.70. The molecule has 1 aromatic carbocycles. The van der Waals surface area contributed by atoms with Crippen molar-refractivity contribution in [3.8, 4) is 0 Å². The summed E-state index contributed by atoms with van der Waals surface area (Å²) in [5.41, 5.74) is 5.07. The van der Waals surface area contributed by atoms with E-state index < -0.39 is 10.0 Å². The smallest absolute Gasteiger partial charge is 0.257 e. The van der Waals surface area contributed by atoms with Gasteiger partial charge in [0.2, 0.25) is 10.0 Å². The molecule has 0 radical (unpaired) electrons. The van der Waals surface area contributed by atoms with Gasteiger partial charge in [0.1, 0.15) is 5.15 Å². The largest absolute Gasteiger partial charge is 0.336 e. The number of nitrogens with zero attached hydrogens (tertiary/aromatic N) is 3. The Balaban J connectivity index is 1.84. The van der Waals surface area contributed by atoms with E-state index in [-0.39, 0.29) is 24.1 Å². The minimum Gasteiger partial charge on any atom is -0.336 e. The molecule has 0 bridgehead atoms. The number of carbonyl (C=O) groups is 1. The van der Waals surface area contributed by atoms with Crippen molar-refractivity contribution in [1.29, 1.82) is 0 Å². The van der Waals surface area contributed by atoms with Crippen LogP contribution >= 0.6 is 11.6 Å². The fraction of sp³-hybridized carbons (Fsp3) is 0.429. The lowest BCUT2D eigenvalue weighted by Crippen LogP contribution is -2.50. The Morgan fingerprint density at radius 2 is 1.45 bits per heavy atom. The molecule has 0 saturated carbocycles. The van der Waals surface area contributed by atoms with E-state index in [2.05, 4.69) is 4.98 Å². The number of carbonyl (C=O) groups excluding carboxylic acids is 1. The molecule has 2 aromatic rings. The molecule has 1 fully saturated rings. The molecule has 8 heteroatoms. The third-order valence-electron chi connectivity index (χ3n) is 6.04. The van der Waals surface area contributed by atoms with Crippen molar-refractivity contribution in [2.24, 2.45) is 0 Å². The van der Waals surface area contributed by atoms with E-state index >= 15 is 0 Å². The van der Waals surface area contributed by atoms with Crippen LogP contribution in [0, 0.1) is 34.6 Å². The minimum atomic E-state index is -3.65. The van der Waals surface area contributed by atoms with Crippen LogP contribution in [0.15, 0.2) is 23.2 Å². The molecule has 3 rings (SSSR count). The summed E-state index contributed by atoms with van der Waals surface area (Å²) in [4.78, 5) is 18.7. The SMILES string of the molecule is Cc1c(C)c(C)c(S(=O)(=O)N2CCN(C(=O)c3cccnc3Cl)CC2)c(C)c1C. The Morgan fingerprint density at radius 3 is 1.97 bits per heavy atom. The molecule has 156 valence electrons. The first-order valence-electron chi connectivity index (χ1n) is 9.54. The van der Waals surface area contributed by atoms with Crippen molar-refractivity contribution in [1.82, 2.24) is 14.2 Å². The Kier molecular flexibility index (Phi) is 6.03. The van der Waals surface area contributed by atoms with Gasteiger partial charge in [-0.05, 0) is 74.6 Å². The third-order valence-corrected chi connectivity index (χ3v) is 8.52. The fourth-order valence-corrected chi connectivity index (χ4v) is 6.01. The summed E-state index contributed by atoms with van der Waals surface area (Å²) in [6.45, 7) is 10.8. The number of hydrogen-bond donors (Lipinski definition) is 0. The maximum absolute atomic E-state index is 13.4. The fourth-order valence-electron chi connectivity index (χ4n) is 3.83. The number of rotatable bonds is 3. The number of hydrogen-bond acceptors (Lipinski definition) is 4. The molecule has 0 atom stereocenters. The zero-order chi connectivity index (χ0) is 21.5. The summed E-state index contributed by atoms with van der Waals surface area (Å²) in [6.07, 6.45) is 1.53. The highest BCUT2D eigenvalue weighted by molar-refractivity contribution is 7.89. The van der Waals surface area contributed by atoms with Gasteiger partial charge in [-0.3, -0.25) is 4.79 Å². The predicted molar refractivity (Wildman–Crippen MR) is 114 cm³/mol. The van der Waals surface area contributed by atoms with Crippen LogP contribution in [0.25, 0.3) is 0 Å². The standard InChI is InChI=1S/C21H26ClN3O3S/c1-13-14(2)16(4)19(17(5)15(13)3)29(27,28)25-11-9-24(10-12-25)21(26)18-7-6-8-23-20(18)22/h6-8H,9-12H2,1-5H3. The van der Waals surface area contributed by atoms with Gasteiger partial charge in [-0.2, -0.15) is 4.31 Å². The highest BCUT2D eigenvalue weighted by atomic mass is 35.5. The normalized spacial score (nSPS) is 15.6. The first-order chi connectivity index (χ1) is 13.6. The molecule has 1 aliphatic heterocycles. The number of pyridine rings is 1. The van der Waals surface area contributed by atoms with E-state index in [4.69, 9.17) is 11.6 Å². The summed E-state index contributed by atoms with van der Waals surface area (Å²) in [6, 6.07) is 3.29. The summed E-state index contributed by atoms with van der Waals surface area (Å²) in [5.74, 6) is -0.227. The lowest BCUT2D eigenvalue weighted by atomic mass is 9.95. The van der Waals surface area contributed by atoms with Gasteiger partial charge in [-0.15, -0.1) is 0 Å². The first kappa shape index (κ1) is 21.7. The second kappa shape index (κ2) is 8.05. The van der Waals surface area contributed by atoms with Crippen molar-refractivity contribution in [3.63, 3.8) is 0 Å². The van der Waals surface area contributed by atoms with Crippen LogP contribution < -0.4 is 0 Å². The van der Waals surface area contributed by atoms with Crippen molar-refractivity contribution in [2.45, 2.75) is 39.5 Å². The van der Waals surface area contributed by atoms with Crippen LogP contribution in [0.3, 0.4) is 0 Å². The number of sulfonamides is 1. The number of piperazine rings is 1. The van der Waals surface area contributed by atoms with Crippen LogP contribution in [-0.4, -0.2) is 54.7 Å².